The van der Waals surface area contributed by atoms with E-state index >= 15 is 0 Å². The van der Waals surface area contributed by atoms with Crippen LogP contribution in [0.15, 0.2) is 16.6 Å². The summed E-state index contributed by atoms with van der Waals surface area (Å²) in [6.45, 7) is -5.05. The van der Waals surface area contributed by atoms with E-state index in [1.165, 1.54) is 0 Å². The molecule has 0 radical (unpaired) electrons. The molecule has 0 fully saturated rings. The molecule has 0 aromatic heterocycles. The molecule has 1 aromatic rings. The van der Waals surface area contributed by atoms with Crippen LogP contribution in [0.25, 0.3) is 0 Å². The summed E-state index contributed by atoms with van der Waals surface area (Å²) in [4.78, 5) is 0. The Bertz CT molecular complexity index is 354. The van der Waals surface area contributed by atoms with Crippen LogP contribution in [0.1, 0.15) is 5.56 Å². The summed E-state index contributed by atoms with van der Waals surface area (Å²) >= 11 is 2.74. The molecule has 0 saturated heterocycles. The SMILES string of the molecule is Fc1cc(Br)c(C[B-](F)(F)F)cc1F.[K+]. The van der Waals surface area contributed by atoms with E-state index in [1.54, 1.807) is 0 Å². The fourth-order valence-electron chi connectivity index (χ4n) is 0.970. The Hall–Kier alpha value is 1.05. The van der Waals surface area contributed by atoms with Gasteiger partial charge in [0, 0.05) is 4.47 Å². The number of halogens is 6. The van der Waals surface area contributed by atoms with Gasteiger partial charge in [-0.25, -0.2) is 8.78 Å². The van der Waals surface area contributed by atoms with E-state index < -0.39 is 24.9 Å². The summed E-state index contributed by atoms with van der Waals surface area (Å²) < 4.78 is 61.0. The van der Waals surface area contributed by atoms with Crippen LogP contribution < -0.4 is 51.4 Å². The van der Waals surface area contributed by atoms with Crippen LogP contribution >= 0.6 is 15.9 Å². The molecule has 0 heterocycles. The molecule has 0 aliphatic carbocycles. The zero-order valence-electron chi connectivity index (χ0n) is 7.71. The maximum Gasteiger partial charge on any atom is 1.00 e. The number of hydrogen-bond acceptors (Lipinski definition) is 0. The average Bonchev–Trinajstić information content (AvgIpc) is 1.97. The predicted octanol–water partition coefficient (Wildman–Crippen LogP) is 0.660. The van der Waals surface area contributed by atoms with Crippen molar-refractivity contribution in [3.05, 3.63) is 33.8 Å². The van der Waals surface area contributed by atoms with Crippen LogP contribution in [0, 0.1) is 11.6 Å². The minimum Gasteiger partial charge on any atom is -0.449 e. The molecule has 0 aliphatic heterocycles. The molecule has 0 aliphatic rings. The van der Waals surface area contributed by atoms with E-state index in [0.29, 0.717) is 12.1 Å². The van der Waals surface area contributed by atoms with E-state index in [9.17, 15) is 21.7 Å². The van der Waals surface area contributed by atoms with Crippen LogP contribution in [0.5, 0.6) is 0 Å². The van der Waals surface area contributed by atoms with Gasteiger partial charge in [-0.05, 0) is 12.1 Å². The molecule has 0 N–H and O–H groups in total. The standard InChI is InChI=1S/C7H4BBrF5.K/c9-5-2-7(11)6(10)1-4(5)3-8(12,13)14;/h1-2H,3H2;/q-1;+1. The first-order valence-electron chi connectivity index (χ1n) is 3.64. The number of rotatable bonds is 2. The van der Waals surface area contributed by atoms with Crippen molar-refractivity contribution in [3.8, 4) is 0 Å². The summed E-state index contributed by atoms with van der Waals surface area (Å²) in [7, 11) is 0. The van der Waals surface area contributed by atoms with Gasteiger partial charge in [-0.2, -0.15) is 0 Å². The van der Waals surface area contributed by atoms with Crippen LogP contribution in [0.3, 0.4) is 0 Å². The van der Waals surface area contributed by atoms with Gasteiger partial charge in [-0.15, -0.1) is 0 Å². The summed E-state index contributed by atoms with van der Waals surface area (Å²) in [6.07, 6.45) is -1.22. The molecule has 1 rings (SSSR count). The molecule has 0 atom stereocenters. The maximum atomic E-state index is 12.6. The minimum absolute atomic E-state index is 0. The molecule has 78 valence electrons. The normalized spacial score (nSPS) is 11.1. The summed E-state index contributed by atoms with van der Waals surface area (Å²) in [5.41, 5.74) is -0.295. The predicted molar refractivity (Wildman–Crippen MR) is 46.8 cm³/mol. The first kappa shape index (κ1) is 16.1. The Kier molecular flexibility index (Phi) is 6.54. The molecule has 1 aromatic carbocycles. The van der Waals surface area contributed by atoms with Gasteiger partial charge in [0.15, 0.2) is 11.6 Å². The molecule has 0 saturated carbocycles. The van der Waals surface area contributed by atoms with Crippen molar-refractivity contribution in [2.24, 2.45) is 0 Å². The second-order valence-electron chi connectivity index (χ2n) is 2.77. The molecular weight excluding hydrogens is 309 g/mol. The molecule has 0 spiro atoms. The van der Waals surface area contributed by atoms with E-state index in [-0.39, 0.29) is 61.4 Å². The van der Waals surface area contributed by atoms with Gasteiger partial charge < -0.3 is 12.9 Å². The molecule has 15 heavy (non-hydrogen) atoms. The molecule has 0 bridgehead atoms. The first-order valence-corrected chi connectivity index (χ1v) is 4.43. The smallest absolute Gasteiger partial charge is 0.449 e. The van der Waals surface area contributed by atoms with Crippen molar-refractivity contribution in [3.63, 3.8) is 0 Å². The van der Waals surface area contributed by atoms with Crippen molar-refractivity contribution >= 4 is 22.9 Å². The van der Waals surface area contributed by atoms with Gasteiger partial charge in [0.25, 0.3) is 0 Å². The number of benzene rings is 1. The van der Waals surface area contributed by atoms with Crippen LogP contribution in [-0.2, 0) is 6.32 Å². The largest absolute Gasteiger partial charge is 1.00 e. The Morgan fingerprint density at radius 3 is 2.00 bits per heavy atom. The molecule has 0 nitrogen and oxygen atoms in total. The Morgan fingerprint density at radius 1 is 1.07 bits per heavy atom. The first-order chi connectivity index (χ1) is 6.29. The van der Waals surface area contributed by atoms with Gasteiger partial charge in [-0.1, -0.05) is 27.8 Å². The second kappa shape index (κ2) is 6.11. The third-order valence-electron chi connectivity index (χ3n) is 1.54. The van der Waals surface area contributed by atoms with Crippen molar-refractivity contribution in [1.29, 1.82) is 0 Å². The van der Waals surface area contributed by atoms with Crippen LogP contribution in [0.2, 0.25) is 0 Å². The zero-order chi connectivity index (χ0) is 10.9. The summed E-state index contributed by atoms with van der Waals surface area (Å²) in [5.74, 6) is -2.45. The Morgan fingerprint density at radius 2 is 1.53 bits per heavy atom. The van der Waals surface area contributed by atoms with Gasteiger partial charge in [-0.3, -0.25) is 0 Å². The monoisotopic (exact) mass is 312 g/mol. The van der Waals surface area contributed by atoms with Crippen LogP contribution in [0.4, 0.5) is 21.7 Å². The van der Waals surface area contributed by atoms with Gasteiger partial charge in [0.1, 0.15) is 0 Å². The minimum atomic E-state index is -5.05. The molecular formula is C7H4BBrF5K. The van der Waals surface area contributed by atoms with E-state index in [0.717, 1.165) is 0 Å². The molecule has 8 heteroatoms. The summed E-state index contributed by atoms with van der Waals surface area (Å²) in [5, 5.41) is 0. The average molecular weight is 313 g/mol. The number of hydrogen-bond donors (Lipinski definition) is 0. The van der Waals surface area contributed by atoms with Crippen molar-refractivity contribution in [2.45, 2.75) is 6.32 Å². The Balaban J connectivity index is 0.00000196. The Labute approximate surface area is 134 Å². The third-order valence-corrected chi connectivity index (χ3v) is 2.28. The maximum absolute atomic E-state index is 12.6. The van der Waals surface area contributed by atoms with Crippen molar-refractivity contribution in [2.75, 3.05) is 0 Å². The molecule has 0 unspecified atom stereocenters. The van der Waals surface area contributed by atoms with Crippen LogP contribution in [-0.4, -0.2) is 6.98 Å². The van der Waals surface area contributed by atoms with Crippen molar-refractivity contribution < 1.29 is 73.1 Å². The summed E-state index contributed by atoms with van der Waals surface area (Å²) in [6, 6.07) is 1.24. The second-order valence-corrected chi connectivity index (χ2v) is 3.63. The van der Waals surface area contributed by atoms with E-state index in [2.05, 4.69) is 15.9 Å². The van der Waals surface area contributed by atoms with Gasteiger partial charge >= 0.3 is 58.4 Å². The topological polar surface area (TPSA) is 0 Å². The zero-order valence-corrected chi connectivity index (χ0v) is 12.4. The molecule has 0 amide bonds. The fourth-order valence-corrected chi connectivity index (χ4v) is 1.45. The fraction of sp³-hybridized carbons (Fsp3) is 0.143. The van der Waals surface area contributed by atoms with Gasteiger partial charge in [0.05, 0.1) is 0 Å². The third kappa shape index (κ3) is 5.27. The van der Waals surface area contributed by atoms with Crippen molar-refractivity contribution in [1.82, 2.24) is 0 Å². The quantitative estimate of drug-likeness (QED) is 0.428. The van der Waals surface area contributed by atoms with E-state index in [1.807, 2.05) is 0 Å². The van der Waals surface area contributed by atoms with E-state index in [4.69, 9.17) is 0 Å². The van der Waals surface area contributed by atoms with Gasteiger partial charge in [0.2, 0.25) is 0 Å².